The largest absolute Gasteiger partial charge is 0.496 e. The van der Waals surface area contributed by atoms with Crippen LogP contribution in [0.5, 0.6) is 5.75 Å². The highest BCUT2D eigenvalue weighted by atomic mass is 19.1. The van der Waals surface area contributed by atoms with Crippen LogP contribution in [0.15, 0.2) is 59.0 Å². The molecule has 1 amide bonds. The molecule has 1 aliphatic heterocycles. The van der Waals surface area contributed by atoms with E-state index < -0.39 is 5.82 Å². The van der Waals surface area contributed by atoms with Gasteiger partial charge in [-0.1, -0.05) is 12.1 Å². The maximum absolute atomic E-state index is 14.0. The maximum atomic E-state index is 14.0. The van der Waals surface area contributed by atoms with Gasteiger partial charge in [-0.25, -0.2) is 8.78 Å². The van der Waals surface area contributed by atoms with Crippen LogP contribution >= 0.6 is 0 Å². The molecule has 1 fully saturated rings. The van der Waals surface area contributed by atoms with Crippen molar-refractivity contribution in [1.29, 1.82) is 0 Å². The number of benzene rings is 2. The molecule has 0 aliphatic carbocycles. The van der Waals surface area contributed by atoms with E-state index in [0.29, 0.717) is 36.7 Å². The van der Waals surface area contributed by atoms with E-state index in [1.165, 1.54) is 23.1 Å². The number of quaternary nitrogens is 1. The lowest BCUT2D eigenvalue weighted by Crippen LogP contribution is -3.13. The standard InChI is InChI=1S/C23H22F2N2O3/c1-29-20-7-6-17(24)14-16(20)15-26-10-12-27(13-11-26)23(28)22-9-8-21(30-22)18-4-2-3-5-19(18)25/h2-9,14H,10-13,15H2,1H3/p+1. The Kier molecular flexibility index (Phi) is 5.81. The summed E-state index contributed by atoms with van der Waals surface area (Å²) in [7, 11) is 1.57. The summed E-state index contributed by atoms with van der Waals surface area (Å²) in [6, 6.07) is 14.0. The number of halogens is 2. The van der Waals surface area contributed by atoms with Gasteiger partial charge in [0.25, 0.3) is 5.91 Å². The van der Waals surface area contributed by atoms with E-state index in [1.54, 1.807) is 48.4 Å². The van der Waals surface area contributed by atoms with Gasteiger partial charge in [-0.15, -0.1) is 0 Å². The van der Waals surface area contributed by atoms with Crippen molar-refractivity contribution >= 4 is 5.91 Å². The molecule has 4 rings (SSSR count). The average molecular weight is 413 g/mol. The number of furan rings is 1. The van der Waals surface area contributed by atoms with Gasteiger partial charge in [0.15, 0.2) is 5.76 Å². The number of carbonyl (C=O) groups is 1. The molecule has 0 radical (unpaired) electrons. The zero-order chi connectivity index (χ0) is 21.1. The Bertz CT molecular complexity index is 1040. The third-order valence-electron chi connectivity index (χ3n) is 5.40. The first kappa shape index (κ1) is 20.1. The Morgan fingerprint density at radius 2 is 1.87 bits per heavy atom. The Balaban J connectivity index is 1.38. The number of piperazine rings is 1. The molecule has 7 heteroatoms. The first-order valence-corrected chi connectivity index (χ1v) is 9.85. The van der Waals surface area contributed by atoms with E-state index in [4.69, 9.17) is 9.15 Å². The lowest BCUT2D eigenvalue weighted by Gasteiger charge is -2.32. The molecule has 0 bridgehead atoms. The molecule has 0 atom stereocenters. The van der Waals surface area contributed by atoms with Gasteiger partial charge in [0, 0.05) is 0 Å². The first-order chi connectivity index (χ1) is 14.5. The highest BCUT2D eigenvalue weighted by molar-refractivity contribution is 5.92. The fourth-order valence-corrected chi connectivity index (χ4v) is 3.77. The van der Waals surface area contributed by atoms with E-state index in [9.17, 15) is 13.6 Å². The zero-order valence-electron chi connectivity index (χ0n) is 16.7. The van der Waals surface area contributed by atoms with Crippen LogP contribution in [0.2, 0.25) is 0 Å². The first-order valence-electron chi connectivity index (χ1n) is 9.85. The molecule has 156 valence electrons. The molecule has 30 heavy (non-hydrogen) atoms. The topological polar surface area (TPSA) is 47.1 Å². The fourth-order valence-electron chi connectivity index (χ4n) is 3.77. The molecule has 1 aromatic heterocycles. The summed E-state index contributed by atoms with van der Waals surface area (Å²) in [4.78, 5) is 15.8. The van der Waals surface area contributed by atoms with Gasteiger partial charge in [-0.05, 0) is 42.5 Å². The molecule has 3 aromatic rings. The Labute approximate surface area is 173 Å². The zero-order valence-corrected chi connectivity index (χ0v) is 16.7. The van der Waals surface area contributed by atoms with Crippen LogP contribution in [0, 0.1) is 11.6 Å². The highest BCUT2D eigenvalue weighted by Crippen LogP contribution is 2.25. The normalized spacial score (nSPS) is 14.7. The van der Waals surface area contributed by atoms with Gasteiger partial charge in [0.1, 0.15) is 29.7 Å². The van der Waals surface area contributed by atoms with Crippen LogP contribution in [0.4, 0.5) is 8.78 Å². The van der Waals surface area contributed by atoms with Crippen LogP contribution in [0.1, 0.15) is 16.1 Å². The molecular weight excluding hydrogens is 390 g/mol. The summed E-state index contributed by atoms with van der Waals surface area (Å²) in [5, 5.41) is 0. The second kappa shape index (κ2) is 8.67. The molecule has 2 heterocycles. The Morgan fingerprint density at radius 3 is 2.60 bits per heavy atom. The van der Waals surface area contributed by atoms with E-state index >= 15 is 0 Å². The van der Waals surface area contributed by atoms with Crippen LogP contribution in [0.3, 0.4) is 0 Å². The third kappa shape index (κ3) is 4.21. The van der Waals surface area contributed by atoms with E-state index in [-0.39, 0.29) is 17.5 Å². The highest BCUT2D eigenvalue weighted by Gasteiger charge is 2.27. The average Bonchev–Trinajstić information content (AvgIpc) is 3.24. The summed E-state index contributed by atoms with van der Waals surface area (Å²) in [6.07, 6.45) is 0. The quantitative estimate of drug-likeness (QED) is 0.700. The van der Waals surface area contributed by atoms with Crippen molar-refractivity contribution in [3.63, 3.8) is 0 Å². The molecule has 1 aliphatic rings. The van der Waals surface area contributed by atoms with Gasteiger partial charge in [-0.2, -0.15) is 0 Å². The molecule has 5 nitrogen and oxygen atoms in total. The minimum Gasteiger partial charge on any atom is -0.496 e. The second-order valence-electron chi connectivity index (χ2n) is 7.32. The van der Waals surface area contributed by atoms with E-state index in [0.717, 1.165) is 18.7 Å². The molecular formula is C23H23F2N2O3+. The summed E-state index contributed by atoms with van der Waals surface area (Å²) < 4.78 is 38.5. The van der Waals surface area contributed by atoms with E-state index in [2.05, 4.69) is 0 Å². The smallest absolute Gasteiger partial charge is 0.289 e. The predicted molar refractivity (Wildman–Crippen MR) is 107 cm³/mol. The van der Waals surface area contributed by atoms with Crippen molar-refractivity contribution in [2.75, 3.05) is 33.3 Å². The van der Waals surface area contributed by atoms with Crippen LogP contribution < -0.4 is 9.64 Å². The lowest BCUT2D eigenvalue weighted by molar-refractivity contribution is -0.917. The number of hydrogen-bond acceptors (Lipinski definition) is 3. The van der Waals surface area contributed by atoms with Crippen molar-refractivity contribution in [2.45, 2.75) is 6.54 Å². The molecule has 0 saturated carbocycles. The van der Waals surface area contributed by atoms with Gasteiger partial charge in [-0.3, -0.25) is 4.79 Å². The molecule has 0 spiro atoms. The van der Waals surface area contributed by atoms with Crippen LogP contribution in [-0.2, 0) is 6.54 Å². The van der Waals surface area contributed by atoms with Gasteiger partial charge in [0.05, 0.1) is 44.4 Å². The monoisotopic (exact) mass is 413 g/mol. The van der Waals surface area contributed by atoms with Crippen molar-refractivity contribution in [1.82, 2.24) is 4.90 Å². The Morgan fingerprint density at radius 1 is 1.10 bits per heavy atom. The lowest BCUT2D eigenvalue weighted by atomic mass is 10.1. The number of carbonyl (C=O) groups excluding carboxylic acids is 1. The van der Waals surface area contributed by atoms with E-state index in [1.807, 2.05) is 0 Å². The third-order valence-corrected chi connectivity index (χ3v) is 5.40. The van der Waals surface area contributed by atoms with Gasteiger partial charge >= 0.3 is 0 Å². The number of methoxy groups -OCH3 is 1. The van der Waals surface area contributed by atoms with Crippen molar-refractivity contribution in [3.05, 3.63) is 77.6 Å². The summed E-state index contributed by atoms with van der Waals surface area (Å²) in [5.41, 5.74) is 1.14. The van der Waals surface area contributed by atoms with Crippen molar-refractivity contribution < 1.29 is 27.6 Å². The van der Waals surface area contributed by atoms with Gasteiger partial charge < -0.3 is 19.0 Å². The number of rotatable bonds is 5. The summed E-state index contributed by atoms with van der Waals surface area (Å²) >= 11 is 0. The predicted octanol–water partition coefficient (Wildman–Crippen LogP) is 2.77. The SMILES string of the molecule is COc1ccc(F)cc1C[NH+]1CCN(C(=O)c2ccc(-c3ccccc3F)o2)CC1. The number of nitrogens with zero attached hydrogens (tertiary/aromatic N) is 1. The fraction of sp³-hybridized carbons (Fsp3) is 0.261. The van der Waals surface area contributed by atoms with Gasteiger partial charge in [0.2, 0.25) is 0 Å². The number of ether oxygens (including phenoxy) is 1. The number of amides is 1. The van der Waals surface area contributed by atoms with Crippen molar-refractivity contribution in [2.24, 2.45) is 0 Å². The summed E-state index contributed by atoms with van der Waals surface area (Å²) in [6.45, 7) is 3.20. The number of hydrogen-bond donors (Lipinski definition) is 1. The minimum atomic E-state index is -0.393. The van der Waals surface area contributed by atoms with Crippen LogP contribution in [-0.4, -0.2) is 44.1 Å². The molecule has 1 saturated heterocycles. The van der Waals surface area contributed by atoms with Crippen molar-refractivity contribution in [3.8, 4) is 17.1 Å². The number of nitrogens with one attached hydrogen (secondary N) is 1. The maximum Gasteiger partial charge on any atom is 0.289 e. The molecule has 0 unspecified atom stereocenters. The van der Waals surface area contributed by atoms with Crippen LogP contribution in [0.25, 0.3) is 11.3 Å². The Hall–Kier alpha value is -3.19. The molecule has 1 N–H and O–H groups in total. The minimum absolute atomic E-state index is 0.198. The summed E-state index contributed by atoms with van der Waals surface area (Å²) in [5.74, 6) is 0.305. The second-order valence-corrected chi connectivity index (χ2v) is 7.32. The molecule has 2 aromatic carbocycles.